The molecule has 2 heterocycles. The Labute approximate surface area is 129 Å². The van der Waals surface area contributed by atoms with E-state index in [0.717, 1.165) is 17.6 Å². The summed E-state index contributed by atoms with van der Waals surface area (Å²) < 4.78 is 1.14. The highest BCUT2D eigenvalue weighted by Crippen LogP contribution is 2.33. The molecule has 0 atom stereocenters. The second-order valence-electron chi connectivity index (χ2n) is 5.69. The van der Waals surface area contributed by atoms with Crippen LogP contribution in [-0.4, -0.2) is 29.5 Å². The molecule has 20 heavy (non-hydrogen) atoms. The van der Waals surface area contributed by atoms with Crippen molar-refractivity contribution in [1.82, 2.24) is 9.88 Å². The Morgan fingerprint density at radius 3 is 2.75 bits per heavy atom. The molecule has 1 N–H and O–H groups in total. The Balaban J connectivity index is 1.89. The number of nitrogens with one attached hydrogen (secondary N) is 1. The Bertz CT molecular complexity index is 594. The van der Waals surface area contributed by atoms with E-state index in [2.05, 4.69) is 57.9 Å². The highest BCUT2D eigenvalue weighted by Gasteiger charge is 2.20. The number of fused-ring (bicyclic) bond motifs is 1. The average Bonchev–Trinajstić information content (AvgIpc) is 2.81. The summed E-state index contributed by atoms with van der Waals surface area (Å²) in [6.07, 6.45) is 3.58. The molecule has 0 amide bonds. The van der Waals surface area contributed by atoms with Gasteiger partial charge in [0.1, 0.15) is 0 Å². The van der Waals surface area contributed by atoms with Gasteiger partial charge in [-0.15, -0.1) is 0 Å². The fourth-order valence-electron chi connectivity index (χ4n) is 3.32. The molecule has 1 aromatic heterocycles. The number of aryl methyl sites for hydroxylation is 1. The number of aromatic amines is 1. The fraction of sp³-hybridized carbons (Fsp3) is 0.471. The van der Waals surface area contributed by atoms with E-state index in [1.54, 1.807) is 0 Å². The summed E-state index contributed by atoms with van der Waals surface area (Å²) in [6, 6.07) is 6.94. The quantitative estimate of drug-likeness (QED) is 0.875. The first-order valence-electron chi connectivity index (χ1n) is 7.54. The maximum absolute atomic E-state index is 3.99. The second kappa shape index (κ2) is 5.90. The number of H-pyrrole nitrogens is 1. The van der Waals surface area contributed by atoms with E-state index in [1.807, 2.05) is 0 Å². The molecule has 2 aromatic rings. The topological polar surface area (TPSA) is 19.0 Å². The molecule has 3 heteroatoms. The molecule has 0 saturated carbocycles. The first-order chi connectivity index (χ1) is 9.72. The maximum Gasteiger partial charge on any atom is 0.0863 e. The fourth-order valence-corrected chi connectivity index (χ4v) is 4.03. The van der Waals surface area contributed by atoms with Gasteiger partial charge in [-0.05, 0) is 90.9 Å². The number of hydrogen-bond donors (Lipinski definition) is 1. The summed E-state index contributed by atoms with van der Waals surface area (Å²) in [4.78, 5) is 5.87. The lowest BCUT2D eigenvalue weighted by Crippen LogP contribution is -2.32. The normalized spacial score (nSPS) is 17.9. The van der Waals surface area contributed by atoms with Gasteiger partial charge >= 0.3 is 0 Å². The van der Waals surface area contributed by atoms with Crippen LogP contribution in [0, 0.1) is 6.92 Å². The standard InChI is InChI=1S/C17H22BrN2/c1-3-14-15-11-13(5-6-16(15)19-17(14)18)12-7-9-20(4-2)10-8-12/h5-6,11-12,19H,2-4,7-10H2,1H3. The zero-order chi connectivity index (χ0) is 14.1. The maximum atomic E-state index is 3.99. The largest absolute Gasteiger partial charge is 0.349 e. The van der Waals surface area contributed by atoms with E-state index in [4.69, 9.17) is 0 Å². The molecule has 3 rings (SSSR count). The SMILES string of the molecule is [CH2]CN1CCC(c2ccc3[nH]c(Br)c(CC)c3c2)CC1. The Hall–Kier alpha value is -0.800. The zero-order valence-electron chi connectivity index (χ0n) is 12.1. The summed E-state index contributed by atoms with van der Waals surface area (Å²) in [7, 11) is 0. The Morgan fingerprint density at radius 2 is 2.10 bits per heavy atom. The van der Waals surface area contributed by atoms with E-state index in [9.17, 15) is 0 Å². The van der Waals surface area contributed by atoms with Crippen LogP contribution in [0.15, 0.2) is 22.8 Å². The molecule has 0 spiro atoms. The van der Waals surface area contributed by atoms with Gasteiger partial charge in [-0.2, -0.15) is 0 Å². The molecule has 1 aliphatic rings. The molecule has 0 bridgehead atoms. The van der Waals surface area contributed by atoms with Gasteiger partial charge in [0.25, 0.3) is 0 Å². The first kappa shape index (κ1) is 14.2. The van der Waals surface area contributed by atoms with Crippen molar-refractivity contribution in [3.63, 3.8) is 0 Å². The molecule has 0 unspecified atom stereocenters. The van der Waals surface area contributed by atoms with Crippen LogP contribution in [0.3, 0.4) is 0 Å². The van der Waals surface area contributed by atoms with Crippen molar-refractivity contribution in [3.8, 4) is 0 Å². The first-order valence-corrected chi connectivity index (χ1v) is 8.33. The van der Waals surface area contributed by atoms with Gasteiger partial charge in [0.15, 0.2) is 0 Å². The molecule has 2 nitrogen and oxygen atoms in total. The number of nitrogens with zero attached hydrogens (tertiary/aromatic N) is 1. The van der Waals surface area contributed by atoms with Gasteiger partial charge in [-0.1, -0.05) is 13.0 Å². The number of halogens is 1. The molecule has 0 aliphatic carbocycles. The highest BCUT2D eigenvalue weighted by molar-refractivity contribution is 9.10. The third-order valence-electron chi connectivity index (χ3n) is 4.61. The summed E-state index contributed by atoms with van der Waals surface area (Å²) in [6.45, 7) is 9.51. The molecule has 107 valence electrons. The zero-order valence-corrected chi connectivity index (χ0v) is 13.7. The predicted octanol–water partition coefficient (Wildman–Crippen LogP) is 4.51. The van der Waals surface area contributed by atoms with Crippen LogP contribution in [-0.2, 0) is 6.42 Å². The average molecular weight is 334 g/mol. The van der Waals surface area contributed by atoms with Crippen molar-refractivity contribution < 1.29 is 0 Å². The summed E-state index contributed by atoms with van der Waals surface area (Å²) in [5.41, 5.74) is 4.15. The van der Waals surface area contributed by atoms with Gasteiger partial charge in [0.05, 0.1) is 4.60 Å². The minimum Gasteiger partial charge on any atom is -0.349 e. The van der Waals surface area contributed by atoms with Gasteiger partial charge in [-0.3, -0.25) is 0 Å². The van der Waals surface area contributed by atoms with Gasteiger partial charge in [0, 0.05) is 10.9 Å². The minimum absolute atomic E-state index is 0.709. The Kier molecular flexibility index (Phi) is 4.18. The number of likely N-dealkylation sites (tertiary alicyclic amines) is 1. The number of piperidine rings is 1. The number of rotatable bonds is 3. The molecule has 1 saturated heterocycles. The molecule has 1 aliphatic heterocycles. The third kappa shape index (κ3) is 2.53. The van der Waals surface area contributed by atoms with Crippen molar-refractivity contribution in [2.45, 2.75) is 32.1 Å². The number of hydrogen-bond acceptors (Lipinski definition) is 1. The molecule has 1 fully saturated rings. The van der Waals surface area contributed by atoms with Crippen molar-refractivity contribution in [2.75, 3.05) is 19.6 Å². The van der Waals surface area contributed by atoms with Crippen LogP contribution in [0.1, 0.15) is 36.8 Å². The van der Waals surface area contributed by atoms with Crippen LogP contribution in [0.25, 0.3) is 10.9 Å². The lowest BCUT2D eigenvalue weighted by atomic mass is 9.88. The van der Waals surface area contributed by atoms with Crippen molar-refractivity contribution >= 4 is 26.8 Å². The van der Waals surface area contributed by atoms with E-state index in [-0.39, 0.29) is 0 Å². The van der Waals surface area contributed by atoms with E-state index in [1.165, 1.54) is 48.0 Å². The van der Waals surface area contributed by atoms with Gasteiger partial charge < -0.3 is 9.88 Å². The molecular formula is C17H22BrN2. The lowest BCUT2D eigenvalue weighted by molar-refractivity contribution is 0.232. The van der Waals surface area contributed by atoms with Crippen LogP contribution >= 0.6 is 15.9 Å². The monoisotopic (exact) mass is 333 g/mol. The summed E-state index contributed by atoms with van der Waals surface area (Å²) >= 11 is 3.64. The van der Waals surface area contributed by atoms with Crippen molar-refractivity contribution in [1.29, 1.82) is 0 Å². The lowest BCUT2D eigenvalue weighted by Gasteiger charge is -2.31. The smallest absolute Gasteiger partial charge is 0.0863 e. The van der Waals surface area contributed by atoms with Crippen LogP contribution in [0.4, 0.5) is 0 Å². The second-order valence-corrected chi connectivity index (χ2v) is 6.49. The minimum atomic E-state index is 0.709. The Morgan fingerprint density at radius 1 is 1.35 bits per heavy atom. The van der Waals surface area contributed by atoms with E-state index in [0.29, 0.717) is 5.92 Å². The molecule has 1 aromatic carbocycles. The van der Waals surface area contributed by atoms with E-state index >= 15 is 0 Å². The number of benzene rings is 1. The number of aromatic nitrogens is 1. The van der Waals surface area contributed by atoms with E-state index < -0.39 is 0 Å². The van der Waals surface area contributed by atoms with Crippen molar-refractivity contribution in [2.24, 2.45) is 0 Å². The molecular weight excluding hydrogens is 312 g/mol. The highest BCUT2D eigenvalue weighted by atomic mass is 79.9. The predicted molar refractivity (Wildman–Crippen MR) is 89.1 cm³/mol. The van der Waals surface area contributed by atoms with Crippen molar-refractivity contribution in [3.05, 3.63) is 40.9 Å². The van der Waals surface area contributed by atoms with Crippen LogP contribution in [0.5, 0.6) is 0 Å². The van der Waals surface area contributed by atoms with Gasteiger partial charge in [-0.25, -0.2) is 0 Å². The summed E-state index contributed by atoms with van der Waals surface area (Å²) in [5.74, 6) is 0.709. The summed E-state index contributed by atoms with van der Waals surface area (Å²) in [5, 5.41) is 1.39. The van der Waals surface area contributed by atoms with Crippen LogP contribution < -0.4 is 0 Å². The third-order valence-corrected chi connectivity index (χ3v) is 5.28. The van der Waals surface area contributed by atoms with Gasteiger partial charge in [0.2, 0.25) is 0 Å². The molecule has 1 radical (unpaired) electrons. The van der Waals surface area contributed by atoms with Crippen LogP contribution in [0.2, 0.25) is 0 Å².